The lowest BCUT2D eigenvalue weighted by Crippen LogP contribution is -2.29. The van der Waals surface area contributed by atoms with Crippen LogP contribution in [-0.2, 0) is 19.6 Å². The predicted molar refractivity (Wildman–Crippen MR) is 109 cm³/mol. The van der Waals surface area contributed by atoms with Gasteiger partial charge in [0.2, 0.25) is 10.0 Å². The van der Waals surface area contributed by atoms with Crippen molar-refractivity contribution < 1.29 is 27.5 Å². The molecule has 2 aromatic carbocycles. The fraction of sp³-hybridized carbons (Fsp3) is 0.263. The van der Waals surface area contributed by atoms with Crippen molar-refractivity contribution in [3.05, 3.63) is 42.5 Å². The van der Waals surface area contributed by atoms with Gasteiger partial charge in [-0.25, -0.2) is 8.42 Å². The van der Waals surface area contributed by atoms with Gasteiger partial charge in [-0.05, 0) is 36.8 Å². The third kappa shape index (κ3) is 4.60. The average Bonchev–Trinajstić information content (AvgIpc) is 3.07. The number of amides is 2. The average molecular weight is 419 g/mol. The Morgan fingerprint density at radius 2 is 1.76 bits per heavy atom. The van der Waals surface area contributed by atoms with Gasteiger partial charge in [0.15, 0.2) is 0 Å². The van der Waals surface area contributed by atoms with Crippen molar-refractivity contribution in [2.45, 2.75) is 6.42 Å². The highest BCUT2D eigenvalue weighted by Crippen LogP contribution is 2.29. The smallest absolute Gasteiger partial charge is 0.314 e. The summed E-state index contributed by atoms with van der Waals surface area (Å²) in [7, 11) is -0.421. The molecule has 0 bridgehead atoms. The van der Waals surface area contributed by atoms with E-state index in [1.54, 1.807) is 30.3 Å². The number of rotatable bonds is 5. The molecule has 2 aromatic rings. The van der Waals surface area contributed by atoms with Crippen LogP contribution >= 0.6 is 0 Å². The van der Waals surface area contributed by atoms with Gasteiger partial charge < -0.3 is 20.1 Å². The molecule has 10 heteroatoms. The van der Waals surface area contributed by atoms with Crippen molar-refractivity contribution in [1.82, 2.24) is 0 Å². The van der Waals surface area contributed by atoms with Crippen molar-refractivity contribution >= 4 is 38.9 Å². The van der Waals surface area contributed by atoms with Crippen molar-refractivity contribution in [2.75, 3.05) is 41.5 Å². The van der Waals surface area contributed by atoms with Gasteiger partial charge in [-0.1, -0.05) is 6.07 Å². The molecular weight excluding hydrogens is 398 g/mol. The molecule has 29 heavy (non-hydrogen) atoms. The van der Waals surface area contributed by atoms with E-state index in [0.29, 0.717) is 35.8 Å². The Labute approximate surface area is 168 Å². The third-order valence-electron chi connectivity index (χ3n) is 4.35. The SMILES string of the molecule is COc1ccc(OC)c(NC(=O)C(=O)Nc2cccc(N3CCCS3(=O)=O)c2)c1. The summed E-state index contributed by atoms with van der Waals surface area (Å²) < 4.78 is 35.7. The van der Waals surface area contributed by atoms with E-state index in [2.05, 4.69) is 10.6 Å². The number of nitrogens with one attached hydrogen (secondary N) is 2. The van der Waals surface area contributed by atoms with Gasteiger partial charge in [-0.2, -0.15) is 0 Å². The summed E-state index contributed by atoms with van der Waals surface area (Å²) in [6, 6.07) is 11.1. The largest absolute Gasteiger partial charge is 0.497 e. The van der Waals surface area contributed by atoms with E-state index in [9.17, 15) is 18.0 Å². The van der Waals surface area contributed by atoms with Crippen LogP contribution in [0.4, 0.5) is 17.1 Å². The first-order valence-electron chi connectivity index (χ1n) is 8.79. The quantitative estimate of drug-likeness (QED) is 0.715. The van der Waals surface area contributed by atoms with Crippen molar-refractivity contribution in [3.8, 4) is 11.5 Å². The highest BCUT2D eigenvalue weighted by molar-refractivity contribution is 7.93. The maximum atomic E-state index is 12.3. The predicted octanol–water partition coefficient (Wildman–Crippen LogP) is 1.82. The Morgan fingerprint density at radius 3 is 2.41 bits per heavy atom. The maximum absolute atomic E-state index is 12.3. The summed E-state index contributed by atoms with van der Waals surface area (Å²) >= 11 is 0. The number of ether oxygens (including phenoxy) is 2. The molecule has 0 atom stereocenters. The second-order valence-corrected chi connectivity index (χ2v) is 8.28. The van der Waals surface area contributed by atoms with Crippen LogP contribution in [0.5, 0.6) is 11.5 Å². The van der Waals surface area contributed by atoms with Crippen LogP contribution in [0, 0.1) is 0 Å². The first-order valence-corrected chi connectivity index (χ1v) is 10.4. The number of anilines is 3. The monoisotopic (exact) mass is 419 g/mol. The Hall–Kier alpha value is -3.27. The van der Waals surface area contributed by atoms with E-state index in [1.165, 1.54) is 30.7 Å². The molecule has 0 radical (unpaired) electrons. The first kappa shape index (κ1) is 20.5. The molecule has 2 N–H and O–H groups in total. The second-order valence-electron chi connectivity index (χ2n) is 6.27. The highest BCUT2D eigenvalue weighted by atomic mass is 32.2. The second kappa shape index (κ2) is 8.39. The van der Waals surface area contributed by atoms with E-state index < -0.39 is 21.8 Å². The van der Waals surface area contributed by atoms with Crippen molar-refractivity contribution in [3.63, 3.8) is 0 Å². The molecule has 1 aliphatic heterocycles. The van der Waals surface area contributed by atoms with Crippen molar-refractivity contribution in [1.29, 1.82) is 0 Å². The summed E-state index contributed by atoms with van der Waals surface area (Å²) in [5, 5.41) is 4.95. The van der Waals surface area contributed by atoms with Gasteiger partial charge in [0.05, 0.1) is 31.3 Å². The molecule has 0 saturated carbocycles. The number of carbonyl (C=O) groups excluding carboxylic acids is 2. The number of benzene rings is 2. The van der Waals surface area contributed by atoms with Crippen LogP contribution < -0.4 is 24.4 Å². The maximum Gasteiger partial charge on any atom is 0.314 e. The Bertz CT molecular complexity index is 1040. The molecule has 1 fully saturated rings. The zero-order valence-electron chi connectivity index (χ0n) is 16.0. The molecule has 154 valence electrons. The van der Waals surface area contributed by atoms with Crippen LogP contribution in [-0.4, -0.2) is 46.7 Å². The summed E-state index contributed by atoms with van der Waals surface area (Å²) in [4.78, 5) is 24.6. The number of methoxy groups -OCH3 is 2. The molecule has 0 aromatic heterocycles. The summed E-state index contributed by atoms with van der Waals surface area (Å²) in [5.74, 6) is -0.866. The molecule has 1 saturated heterocycles. The normalized spacial score (nSPS) is 14.9. The van der Waals surface area contributed by atoms with Gasteiger partial charge in [0.25, 0.3) is 0 Å². The van der Waals surface area contributed by atoms with Crippen LogP contribution in [0.25, 0.3) is 0 Å². The summed E-state index contributed by atoms with van der Waals surface area (Å²) in [6.45, 7) is 0.385. The van der Waals surface area contributed by atoms with E-state index in [0.717, 1.165) is 0 Å². The van der Waals surface area contributed by atoms with Gasteiger partial charge >= 0.3 is 11.8 Å². The standard InChI is InChI=1S/C19H21N3O6S/c1-27-15-7-8-17(28-2)16(12-15)21-19(24)18(23)20-13-5-3-6-14(11-13)22-9-4-10-29(22,25)26/h3,5-8,11-12H,4,9-10H2,1-2H3,(H,20,23)(H,21,24). The molecule has 9 nitrogen and oxygen atoms in total. The number of carbonyl (C=O) groups is 2. The number of hydrogen-bond donors (Lipinski definition) is 2. The fourth-order valence-electron chi connectivity index (χ4n) is 2.95. The highest BCUT2D eigenvalue weighted by Gasteiger charge is 2.28. The lowest BCUT2D eigenvalue weighted by molar-refractivity contribution is -0.133. The molecule has 1 aliphatic rings. The molecule has 0 unspecified atom stereocenters. The topological polar surface area (TPSA) is 114 Å². The van der Waals surface area contributed by atoms with Crippen molar-refractivity contribution in [2.24, 2.45) is 0 Å². The van der Waals surface area contributed by atoms with Gasteiger partial charge in [-0.15, -0.1) is 0 Å². The zero-order chi connectivity index (χ0) is 21.0. The number of hydrogen-bond acceptors (Lipinski definition) is 6. The Balaban J connectivity index is 1.72. The molecule has 2 amide bonds. The molecule has 1 heterocycles. The lowest BCUT2D eigenvalue weighted by Gasteiger charge is -2.17. The van der Waals surface area contributed by atoms with Gasteiger partial charge in [0, 0.05) is 18.3 Å². The van der Waals surface area contributed by atoms with E-state index in [-0.39, 0.29) is 11.4 Å². The summed E-state index contributed by atoms with van der Waals surface area (Å²) in [5.41, 5.74) is 1.03. The van der Waals surface area contributed by atoms with Crippen LogP contribution in [0.2, 0.25) is 0 Å². The van der Waals surface area contributed by atoms with E-state index >= 15 is 0 Å². The zero-order valence-corrected chi connectivity index (χ0v) is 16.8. The molecular formula is C19H21N3O6S. The first-order chi connectivity index (χ1) is 13.8. The third-order valence-corrected chi connectivity index (χ3v) is 6.22. The van der Waals surface area contributed by atoms with Crippen LogP contribution in [0.15, 0.2) is 42.5 Å². The van der Waals surface area contributed by atoms with Gasteiger partial charge in [-0.3, -0.25) is 13.9 Å². The van der Waals surface area contributed by atoms with E-state index in [4.69, 9.17) is 9.47 Å². The molecule has 3 rings (SSSR count). The molecule has 0 aliphatic carbocycles. The molecule has 0 spiro atoms. The minimum atomic E-state index is -3.34. The lowest BCUT2D eigenvalue weighted by atomic mass is 10.2. The Kier molecular flexibility index (Phi) is 5.92. The van der Waals surface area contributed by atoms with Gasteiger partial charge in [0.1, 0.15) is 11.5 Å². The minimum absolute atomic E-state index is 0.0916. The summed E-state index contributed by atoms with van der Waals surface area (Å²) in [6.07, 6.45) is 0.545. The van der Waals surface area contributed by atoms with E-state index in [1.807, 2.05) is 0 Å². The van der Waals surface area contributed by atoms with Crippen LogP contribution in [0.3, 0.4) is 0 Å². The van der Waals surface area contributed by atoms with Crippen LogP contribution in [0.1, 0.15) is 6.42 Å². The minimum Gasteiger partial charge on any atom is -0.497 e. The fourth-order valence-corrected chi connectivity index (χ4v) is 4.50. The number of nitrogens with zero attached hydrogens (tertiary/aromatic N) is 1. The number of sulfonamides is 1. The Morgan fingerprint density at radius 1 is 1.00 bits per heavy atom.